The summed E-state index contributed by atoms with van der Waals surface area (Å²) in [5.74, 6) is -2.60. The highest BCUT2D eigenvalue weighted by atomic mass is 16.6. The third-order valence-electron chi connectivity index (χ3n) is 10.6. The SMILES string of the molecule is CC(C)(C)CC(C(=O)NC(C)(C)CC1(C)NC(=O)NC1=O)C(C)(C)C(C)(C)CC(C)(C(=O)OC(C)(C)CCOC(C)(C)O)C(C)(C)C. The molecule has 0 spiro atoms. The van der Waals surface area contributed by atoms with Gasteiger partial charge in [0.15, 0.2) is 5.79 Å². The molecule has 0 aromatic carbocycles. The smallest absolute Gasteiger partial charge is 0.322 e. The number of amides is 4. The molecular weight excluding hydrogens is 598 g/mol. The summed E-state index contributed by atoms with van der Waals surface area (Å²) in [6, 6.07) is -0.542. The molecule has 0 radical (unpaired) electrons. The quantitative estimate of drug-likeness (QED) is 0.0848. The Morgan fingerprint density at radius 3 is 1.79 bits per heavy atom. The molecule has 3 atom stereocenters. The fourth-order valence-corrected chi connectivity index (χ4v) is 6.53. The van der Waals surface area contributed by atoms with E-state index in [-0.39, 0.29) is 30.3 Å². The van der Waals surface area contributed by atoms with Gasteiger partial charge in [0.25, 0.3) is 5.91 Å². The zero-order chi connectivity index (χ0) is 37.5. The summed E-state index contributed by atoms with van der Waals surface area (Å²) in [6.45, 7) is 35.3. The van der Waals surface area contributed by atoms with Gasteiger partial charge in [0.2, 0.25) is 5.91 Å². The van der Waals surface area contributed by atoms with Gasteiger partial charge in [0.05, 0.1) is 12.0 Å². The van der Waals surface area contributed by atoms with Crippen LogP contribution in [0.3, 0.4) is 0 Å². The molecule has 10 nitrogen and oxygen atoms in total. The maximum Gasteiger partial charge on any atom is 0.322 e. The molecule has 274 valence electrons. The minimum atomic E-state index is -1.28. The molecule has 0 aromatic heterocycles. The number of imide groups is 1. The zero-order valence-electron chi connectivity index (χ0n) is 33.0. The maximum absolute atomic E-state index is 14.4. The Balaban J connectivity index is 3.44. The van der Waals surface area contributed by atoms with Crippen LogP contribution in [-0.4, -0.2) is 58.0 Å². The Kier molecular flexibility index (Phi) is 12.4. The van der Waals surface area contributed by atoms with E-state index in [1.165, 1.54) is 0 Å². The fourth-order valence-electron chi connectivity index (χ4n) is 6.53. The van der Waals surface area contributed by atoms with Gasteiger partial charge >= 0.3 is 12.0 Å². The molecule has 1 saturated heterocycles. The highest BCUT2D eigenvalue weighted by Crippen LogP contribution is 2.57. The van der Waals surface area contributed by atoms with Crippen molar-refractivity contribution in [2.45, 2.75) is 173 Å². The van der Waals surface area contributed by atoms with Gasteiger partial charge in [-0.1, -0.05) is 69.2 Å². The number of aliphatic hydroxyl groups is 1. The molecule has 1 aliphatic rings. The number of carbonyl (C=O) groups excluding carboxylic acids is 4. The number of rotatable bonds is 15. The van der Waals surface area contributed by atoms with E-state index >= 15 is 0 Å². The van der Waals surface area contributed by atoms with Crippen LogP contribution in [0.25, 0.3) is 0 Å². The van der Waals surface area contributed by atoms with E-state index in [4.69, 9.17) is 9.47 Å². The van der Waals surface area contributed by atoms with Crippen LogP contribution in [0.5, 0.6) is 0 Å². The fraction of sp³-hybridized carbons (Fsp3) is 0.892. The minimum Gasteiger partial charge on any atom is -0.459 e. The summed E-state index contributed by atoms with van der Waals surface area (Å²) < 4.78 is 11.7. The second-order valence-electron chi connectivity index (χ2n) is 19.7. The molecule has 4 N–H and O–H groups in total. The third-order valence-corrected chi connectivity index (χ3v) is 10.6. The normalized spacial score (nSPS) is 20.7. The van der Waals surface area contributed by atoms with E-state index in [0.717, 1.165) is 0 Å². The van der Waals surface area contributed by atoms with Gasteiger partial charge in [-0.2, -0.15) is 0 Å². The number of ether oxygens (including phenoxy) is 2. The lowest BCUT2D eigenvalue weighted by atomic mass is 9.51. The van der Waals surface area contributed by atoms with Crippen LogP contribution in [0.15, 0.2) is 0 Å². The number of carbonyl (C=O) groups is 4. The van der Waals surface area contributed by atoms with Gasteiger partial charge < -0.3 is 25.2 Å². The van der Waals surface area contributed by atoms with Gasteiger partial charge in [-0.15, -0.1) is 0 Å². The molecule has 1 rings (SSSR count). The van der Waals surface area contributed by atoms with E-state index < -0.39 is 62.0 Å². The van der Waals surface area contributed by atoms with Gasteiger partial charge in [-0.25, -0.2) is 4.79 Å². The van der Waals surface area contributed by atoms with Crippen molar-refractivity contribution < 1.29 is 33.8 Å². The Morgan fingerprint density at radius 2 is 1.38 bits per heavy atom. The minimum absolute atomic E-state index is 0.135. The van der Waals surface area contributed by atoms with Crippen molar-refractivity contribution in [1.82, 2.24) is 16.0 Å². The molecule has 1 fully saturated rings. The molecule has 4 amide bonds. The Labute approximate surface area is 285 Å². The Morgan fingerprint density at radius 1 is 0.872 bits per heavy atom. The van der Waals surface area contributed by atoms with Crippen molar-refractivity contribution in [3.05, 3.63) is 0 Å². The Bertz CT molecular complexity index is 1170. The van der Waals surface area contributed by atoms with E-state index in [9.17, 15) is 24.3 Å². The topological polar surface area (TPSA) is 143 Å². The molecule has 0 aromatic rings. The number of esters is 1. The average molecular weight is 668 g/mol. The predicted octanol–water partition coefficient (Wildman–Crippen LogP) is 6.87. The van der Waals surface area contributed by atoms with Gasteiger partial charge in [0, 0.05) is 24.3 Å². The standard InChI is InChI=1S/C37H69N3O7/c1-29(2,3)21-24(25(41)39-32(9,10)23-37(18)26(42)38-28(44)40-37)34(13,14)31(7,8)22-36(17,30(4,5)6)27(43)47-33(11,12)19-20-46-35(15,16)45/h24,45H,19-23H2,1-18H3,(H,39,41)(H2,38,40,42,44). The first-order valence-corrected chi connectivity index (χ1v) is 17.0. The second kappa shape index (κ2) is 13.6. The number of hydrogen-bond acceptors (Lipinski definition) is 7. The third kappa shape index (κ3) is 11.4. The highest BCUT2D eigenvalue weighted by Gasteiger charge is 2.56. The van der Waals surface area contributed by atoms with Crippen LogP contribution in [0.2, 0.25) is 0 Å². The van der Waals surface area contributed by atoms with Crippen LogP contribution >= 0.6 is 0 Å². The maximum atomic E-state index is 14.4. The summed E-state index contributed by atoms with van der Waals surface area (Å²) in [4.78, 5) is 53.1. The van der Waals surface area contributed by atoms with Crippen molar-refractivity contribution in [2.24, 2.45) is 33.0 Å². The van der Waals surface area contributed by atoms with Crippen LogP contribution in [0.4, 0.5) is 4.79 Å². The number of urea groups is 1. The molecule has 1 aliphatic heterocycles. The lowest BCUT2D eigenvalue weighted by Crippen LogP contribution is -2.58. The van der Waals surface area contributed by atoms with Crippen molar-refractivity contribution in [3.8, 4) is 0 Å². The van der Waals surface area contributed by atoms with E-state index in [2.05, 4.69) is 64.4 Å². The van der Waals surface area contributed by atoms with Gasteiger partial charge in [0.1, 0.15) is 11.1 Å². The molecule has 0 saturated carbocycles. The monoisotopic (exact) mass is 668 g/mol. The summed E-state index contributed by atoms with van der Waals surface area (Å²) in [7, 11) is 0. The molecule has 0 aliphatic carbocycles. The summed E-state index contributed by atoms with van der Waals surface area (Å²) in [5, 5.41) is 18.2. The largest absolute Gasteiger partial charge is 0.459 e. The van der Waals surface area contributed by atoms with Crippen LogP contribution in [0, 0.1) is 33.0 Å². The molecule has 3 unspecified atom stereocenters. The van der Waals surface area contributed by atoms with Crippen molar-refractivity contribution >= 4 is 23.8 Å². The molecule has 47 heavy (non-hydrogen) atoms. The van der Waals surface area contributed by atoms with Crippen LogP contribution < -0.4 is 16.0 Å². The number of nitrogens with one attached hydrogen (secondary N) is 3. The average Bonchev–Trinajstić information content (AvgIpc) is 3.03. The molecular formula is C37H69N3O7. The zero-order valence-corrected chi connectivity index (χ0v) is 33.0. The first-order valence-electron chi connectivity index (χ1n) is 17.0. The van der Waals surface area contributed by atoms with Crippen LogP contribution in [-0.2, 0) is 23.9 Å². The first-order chi connectivity index (χ1) is 20.5. The molecule has 0 bridgehead atoms. The highest BCUT2D eigenvalue weighted by molar-refractivity contribution is 6.06. The van der Waals surface area contributed by atoms with Crippen molar-refractivity contribution in [1.29, 1.82) is 0 Å². The van der Waals surface area contributed by atoms with Gasteiger partial charge in [-0.3, -0.25) is 19.7 Å². The summed E-state index contributed by atoms with van der Waals surface area (Å²) >= 11 is 0. The van der Waals surface area contributed by atoms with E-state index in [1.54, 1.807) is 20.8 Å². The predicted molar refractivity (Wildman–Crippen MR) is 186 cm³/mol. The van der Waals surface area contributed by atoms with Crippen LogP contribution in [0.1, 0.15) is 150 Å². The van der Waals surface area contributed by atoms with Gasteiger partial charge in [-0.05, 0) is 89.9 Å². The summed E-state index contributed by atoms with van der Waals surface area (Å²) in [6.07, 6.45) is 1.66. The second-order valence-corrected chi connectivity index (χ2v) is 19.7. The number of hydrogen-bond donors (Lipinski definition) is 4. The lowest BCUT2D eigenvalue weighted by molar-refractivity contribution is -0.194. The van der Waals surface area contributed by atoms with E-state index in [0.29, 0.717) is 19.3 Å². The van der Waals surface area contributed by atoms with E-state index in [1.807, 2.05) is 55.4 Å². The van der Waals surface area contributed by atoms with Crippen molar-refractivity contribution in [2.75, 3.05) is 6.61 Å². The first kappa shape index (κ1) is 42.8. The lowest BCUT2D eigenvalue weighted by Gasteiger charge is -2.53. The summed E-state index contributed by atoms with van der Waals surface area (Å²) in [5.41, 5.74) is -5.54. The molecule has 10 heteroatoms. The Hall–Kier alpha value is -2.20. The van der Waals surface area contributed by atoms with Crippen molar-refractivity contribution in [3.63, 3.8) is 0 Å². The molecule has 1 heterocycles.